The minimum atomic E-state index is -3.17. The van der Waals surface area contributed by atoms with Gasteiger partial charge in [-0.3, -0.25) is 0 Å². The number of rotatable bonds is 4. The smallest absolute Gasteiger partial charge is 0.328 e. The molecule has 0 aliphatic heterocycles. The van der Waals surface area contributed by atoms with Crippen LogP contribution in [0.1, 0.15) is 0 Å². The van der Waals surface area contributed by atoms with Gasteiger partial charge in [0.05, 0.1) is 4.90 Å². The van der Waals surface area contributed by atoms with E-state index in [1.54, 1.807) is 12.1 Å². The Balaban J connectivity index is 2.77. The van der Waals surface area contributed by atoms with Gasteiger partial charge in [0.15, 0.2) is 9.84 Å². The molecule has 86 valence electrons. The van der Waals surface area contributed by atoms with Crippen LogP contribution in [0.5, 0.6) is 0 Å². The first-order chi connectivity index (χ1) is 7.39. The van der Waals surface area contributed by atoms with Crippen LogP contribution in [0.2, 0.25) is 0 Å². The van der Waals surface area contributed by atoms with Crippen molar-refractivity contribution in [2.45, 2.75) is 9.79 Å². The number of carboxylic acids is 1. The van der Waals surface area contributed by atoms with E-state index in [-0.39, 0.29) is 4.90 Å². The molecule has 0 radical (unpaired) electrons. The second-order valence-electron chi connectivity index (χ2n) is 3.00. The fourth-order valence-electron chi connectivity index (χ4n) is 0.936. The Morgan fingerprint density at radius 1 is 1.31 bits per heavy atom. The molecule has 1 aromatic rings. The molecule has 0 heterocycles. The molecule has 1 aromatic carbocycles. The van der Waals surface area contributed by atoms with Crippen LogP contribution >= 0.6 is 11.8 Å². The van der Waals surface area contributed by atoms with E-state index in [2.05, 4.69) is 0 Å². The maximum Gasteiger partial charge on any atom is 0.328 e. The standard InChI is InChI=1S/C10H10O4S2/c1-16(13,14)9-4-2-8(3-5-9)15-7-6-10(11)12/h2-7H,1H3,(H,11,12). The predicted molar refractivity (Wildman–Crippen MR) is 62.2 cm³/mol. The summed E-state index contributed by atoms with van der Waals surface area (Å²) in [6, 6.07) is 6.25. The number of hydrogen-bond donors (Lipinski definition) is 1. The highest BCUT2D eigenvalue weighted by Crippen LogP contribution is 2.20. The maximum absolute atomic E-state index is 11.1. The average Bonchev–Trinajstić information content (AvgIpc) is 2.16. The zero-order valence-corrected chi connectivity index (χ0v) is 10.1. The van der Waals surface area contributed by atoms with Gasteiger partial charge in [-0.2, -0.15) is 0 Å². The van der Waals surface area contributed by atoms with Gasteiger partial charge in [0.1, 0.15) is 0 Å². The van der Waals surface area contributed by atoms with Crippen LogP contribution in [0.3, 0.4) is 0 Å². The Labute approximate surface area is 97.9 Å². The van der Waals surface area contributed by atoms with Crippen LogP contribution in [-0.2, 0) is 14.6 Å². The van der Waals surface area contributed by atoms with Crippen LogP contribution in [0.4, 0.5) is 0 Å². The molecule has 0 aromatic heterocycles. The minimum Gasteiger partial charge on any atom is -0.478 e. The summed E-state index contributed by atoms with van der Waals surface area (Å²) in [6.45, 7) is 0. The molecule has 16 heavy (non-hydrogen) atoms. The molecule has 0 aliphatic carbocycles. The summed E-state index contributed by atoms with van der Waals surface area (Å²) in [4.78, 5) is 11.2. The van der Waals surface area contributed by atoms with Crippen molar-refractivity contribution in [3.8, 4) is 0 Å². The molecule has 4 nitrogen and oxygen atoms in total. The highest BCUT2D eigenvalue weighted by Gasteiger charge is 2.05. The Hall–Kier alpha value is -1.27. The molecule has 0 bridgehead atoms. The number of benzene rings is 1. The molecule has 0 atom stereocenters. The first-order valence-corrected chi connectivity index (χ1v) is 7.03. The van der Waals surface area contributed by atoms with Crippen molar-refractivity contribution >= 4 is 27.6 Å². The van der Waals surface area contributed by atoms with Gasteiger partial charge in [-0.25, -0.2) is 13.2 Å². The number of aliphatic carboxylic acids is 1. The topological polar surface area (TPSA) is 71.4 Å². The lowest BCUT2D eigenvalue weighted by molar-refractivity contribution is -0.131. The minimum absolute atomic E-state index is 0.249. The van der Waals surface area contributed by atoms with Crippen molar-refractivity contribution < 1.29 is 18.3 Å². The second kappa shape index (κ2) is 5.18. The summed E-state index contributed by atoms with van der Waals surface area (Å²) < 4.78 is 22.3. The Morgan fingerprint density at radius 3 is 2.31 bits per heavy atom. The fraction of sp³-hybridized carbons (Fsp3) is 0.100. The Kier molecular flexibility index (Phi) is 4.14. The van der Waals surface area contributed by atoms with E-state index in [9.17, 15) is 13.2 Å². The summed E-state index contributed by atoms with van der Waals surface area (Å²) in [5, 5.41) is 9.79. The zero-order chi connectivity index (χ0) is 12.2. The average molecular weight is 258 g/mol. The van der Waals surface area contributed by atoms with Crippen molar-refractivity contribution in [3.05, 3.63) is 35.7 Å². The third kappa shape index (κ3) is 4.08. The molecule has 1 N–H and O–H groups in total. The lowest BCUT2D eigenvalue weighted by atomic mass is 10.4. The zero-order valence-electron chi connectivity index (χ0n) is 8.45. The van der Waals surface area contributed by atoms with E-state index in [1.807, 2.05) is 0 Å². The molecule has 1 rings (SSSR count). The largest absolute Gasteiger partial charge is 0.478 e. The number of carbonyl (C=O) groups is 1. The van der Waals surface area contributed by atoms with Gasteiger partial charge >= 0.3 is 5.97 Å². The van der Waals surface area contributed by atoms with Crippen LogP contribution in [0.25, 0.3) is 0 Å². The van der Waals surface area contributed by atoms with E-state index in [0.717, 1.165) is 17.2 Å². The highest BCUT2D eigenvalue weighted by atomic mass is 32.2. The summed E-state index contributed by atoms with van der Waals surface area (Å²) in [5.74, 6) is -1.01. The van der Waals surface area contributed by atoms with E-state index in [4.69, 9.17) is 5.11 Å². The van der Waals surface area contributed by atoms with Gasteiger partial charge in [-0.1, -0.05) is 11.8 Å². The van der Waals surface area contributed by atoms with Gasteiger partial charge < -0.3 is 5.11 Å². The normalized spacial score (nSPS) is 11.8. The van der Waals surface area contributed by atoms with Gasteiger partial charge in [0.2, 0.25) is 0 Å². The SMILES string of the molecule is CS(=O)(=O)c1ccc(SC=CC(=O)O)cc1. The van der Waals surface area contributed by atoms with E-state index in [1.165, 1.54) is 29.3 Å². The van der Waals surface area contributed by atoms with Gasteiger partial charge in [-0.15, -0.1) is 0 Å². The molecule has 0 unspecified atom stereocenters. The van der Waals surface area contributed by atoms with Crippen molar-refractivity contribution in [2.75, 3.05) is 6.26 Å². The molecule has 0 spiro atoms. The Bertz CT molecular complexity index is 500. The van der Waals surface area contributed by atoms with Crippen molar-refractivity contribution in [3.63, 3.8) is 0 Å². The first kappa shape index (κ1) is 12.8. The molecule has 6 heteroatoms. The van der Waals surface area contributed by atoms with Crippen molar-refractivity contribution in [2.24, 2.45) is 0 Å². The number of carboxylic acid groups (broad SMARTS) is 1. The molecule has 0 amide bonds. The monoisotopic (exact) mass is 258 g/mol. The summed E-state index contributed by atoms with van der Waals surface area (Å²) in [7, 11) is -3.17. The van der Waals surface area contributed by atoms with Crippen LogP contribution in [-0.4, -0.2) is 25.7 Å². The first-order valence-electron chi connectivity index (χ1n) is 4.26. The quantitative estimate of drug-likeness (QED) is 0.658. The highest BCUT2D eigenvalue weighted by molar-refractivity contribution is 8.02. The summed E-state index contributed by atoms with van der Waals surface area (Å²) in [5.41, 5.74) is 0. The molecule has 0 aliphatic rings. The third-order valence-corrected chi connectivity index (χ3v) is 3.61. The lowest BCUT2D eigenvalue weighted by Crippen LogP contribution is -1.95. The van der Waals surface area contributed by atoms with Gasteiger partial charge in [-0.05, 0) is 29.7 Å². The summed E-state index contributed by atoms with van der Waals surface area (Å²) in [6.07, 6.45) is 2.16. The van der Waals surface area contributed by atoms with Gasteiger partial charge in [0, 0.05) is 17.2 Å². The predicted octanol–water partition coefficient (Wildman–Crippen LogP) is 1.78. The number of thioether (sulfide) groups is 1. The molecule has 0 saturated carbocycles. The maximum atomic E-state index is 11.1. The lowest BCUT2D eigenvalue weighted by Gasteiger charge is -1.99. The van der Waals surface area contributed by atoms with Crippen molar-refractivity contribution in [1.29, 1.82) is 0 Å². The number of sulfone groups is 1. The van der Waals surface area contributed by atoms with Crippen LogP contribution < -0.4 is 0 Å². The summed E-state index contributed by atoms with van der Waals surface area (Å²) >= 11 is 1.21. The van der Waals surface area contributed by atoms with Crippen LogP contribution in [0.15, 0.2) is 45.5 Å². The van der Waals surface area contributed by atoms with Gasteiger partial charge in [0.25, 0.3) is 0 Å². The Morgan fingerprint density at radius 2 is 1.88 bits per heavy atom. The molecular formula is C10H10O4S2. The van der Waals surface area contributed by atoms with E-state index < -0.39 is 15.8 Å². The molecule has 0 saturated heterocycles. The van der Waals surface area contributed by atoms with E-state index in [0.29, 0.717) is 0 Å². The molecular weight excluding hydrogens is 248 g/mol. The number of hydrogen-bond acceptors (Lipinski definition) is 4. The fourth-order valence-corrected chi connectivity index (χ4v) is 2.20. The van der Waals surface area contributed by atoms with E-state index >= 15 is 0 Å². The van der Waals surface area contributed by atoms with Crippen LogP contribution in [0, 0.1) is 0 Å². The second-order valence-corrected chi connectivity index (χ2v) is 6.00. The third-order valence-electron chi connectivity index (χ3n) is 1.67. The molecule has 0 fully saturated rings. The van der Waals surface area contributed by atoms with Crippen molar-refractivity contribution in [1.82, 2.24) is 0 Å².